The van der Waals surface area contributed by atoms with Gasteiger partial charge in [-0.1, -0.05) is 32.1 Å². The van der Waals surface area contributed by atoms with Crippen molar-refractivity contribution >= 4 is 40.3 Å². The third kappa shape index (κ3) is 6.91. The molecular formula is C27H32N6O4S. The van der Waals surface area contributed by atoms with E-state index in [1.807, 2.05) is 33.8 Å². The summed E-state index contributed by atoms with van der Waals surface area (Å²) in [6.07, 6.45) is 5.74. The lowest BCUT2D eigenvalue weighted by Crippen LogP contribution is -2.43. The lowest BCUT2D eigenvalue weighted by Gasteiger charge is -2.32. The van der Waals surface area contributed by atoms with Crippen molar-refractivity contribution in [3.63, 3.8) is 0 Å². The summed E-state index contributed by atoms with van der Waals surface area (Å²) in [7, 11) is 0. The molecule has 0 unspecified atom stereocenters. The molecule has 3 amide bonds. The van der Waals surface area contributed by atoms with Crippen molar-refractivity contribution < 1.29 is 18.8 Å². The first-order valence-corrected chi connectivity index (χ1v) is 13.3. The molecule has 1 fully saturated rings. The summed E-state index contributed by atoms with van der Waals surface area (Å²) >= 11 is 1.36. The maximum absolute atomic E-state index is 13.2. The van der Waals surface area contributed by atoms with Gasteiger partial charge in [0, 0.05) is 36.2 Å². The van der Waals surface area contributed by atoms with E-state index in [0.717, 1.165) is 16.4 Å². The van der Waals surface area contributed by atoms with Gasteiger partial charge in [-0.2, -0.15) is 0 Å². The molecule has 4 heterocycles. The molecule has 1 saturated heterocycles. The van der Waals surface area contributed by atoms with Gasteiger partial charge in [0.2, 0.25) is 16.9 Å². The summed E-state index contributed by atoms with van der Waals surface area (Å²) in [5.74, 6) is -0.194. The number of amides is 3. The van der Waals surface area contributed by atoms with E-state index < -0.39 is 0 Å². The topological polar surface area (TPSA) is 130 Å². The number of rotatable bonds is 7. The van der Waals surface area contributed by atoms with Crippen LogP contribution >= 0.6 is 11.3 Å². The van der Waals surface area contributed by atoms with E-state index in [1.165, 1.54) is 23.7 Å². The molecule has 1 aliphatic rings. The Morgan fingerprint density at radius 3 is 2.58 bits per heavy atom. The molecule has 11 heteroatoms. The fourth-order valence-electron chi connectivity index (χ4n) is 4.10. The monoisotopic (exact) mass is 536 g/mol. The molecule has 0 spiro atoms. The number of nitrogens with one attached hydrogen (secondary N) is 2. The first-order valence-electron chi connectivity index (χ1n) is 12.5. The van der Waals surface area contributed by atoms with Crippen LogP contribution in [0.25, 0.3) is 6.08 Å². The summed E-state index contributed by atoms with van der Waals surface area (Å²) in [6.45, 7) is 8.99. The van der Waals surface area contributed by atoms with Crippen molar-refractivity contribution in [1.82, 2.24) is 25.4 Å². The van der Waals surface area contributed by atoms with E-state index in [0.29, 0.717) is 42.4 Å². The van der Waals surface area contributed by atoms with Crippen LogP contribution in [0.3, 0.4) is 0 Å². The Kier molecular flexibility index (Phi) is 8.35. The molecule has 3 aromatic rings. The molecule has 0 aromatic carbocycles. The molecule has 1 aliphatic heterocycles. The van der Waals surface area contributed by atoms with Gasteiger partial charge in [0.1, 0.15) is 10.8 Å². The molecular weight excluding hydrogens is 504 g/mol. The number of nitrogens with zero attached hydrogens (tertiary/aromatic N) is 4. The molecule has 2 N–H and O–H groups in total. The van der Waals surface area contributed by atoms with Gasteiger partial charge >= 0.3 is 0 Å². The van der Waals surface area contributed by atoms with Gasteiger partial charge in [0.15, 0.2) is 0 Å². The number of aryl methyl sites for hydroxylation is 1. The Balaban J connectivity index is 1.34. The Morgan fingerprint density at radius 1 is 1.16 bits per heavy atom. The first-order chi connectivity index (χ1) is 18.1. The molecule has 0 saturated carbocycles. The van der Waals surface area contributed by atoms with E-state index in [-0.39, 0.29) is 35.6 Å². The number of hydrogen-bond acceptors (Lipinski definition) is 8. The van der Waals surface area contributed by atoms with Crippen LogP contribution in [0, 0.1) is 6.92 Å². The Hall–Kier alpha value is -3.86. The first kappa shape index (κ1) is 27.2. The second-order valence-electron chi connectivity index (χ2n) is 10.2. The SMILES string of the molecule is Cc1ccc(C(=O)Nc2nnc(C(C)(C)C)s2)c(C2CCN(C(=O)CNC(=O)/C=C\c3ccco3)CC2)n1. The summed E-state index contributed by atoms with van der Waals surface area (Å²) in [5.41, 5.74) is 1.91. The third-order valence-electron chi connectivity index (χ3n) is 6.19. The number of hydrogen-bond donors (Lipinski definition) is 2. The predicted octanol–water partition coefficient (Wildman–Crippen LogP) is 3.92. The Labute approximate surface area is 225 Å². The number of anilines is 1. The van der Waals surface area contributed by atoms with Gasteiger partial charge in [-0.15, -0.1) is 10.2 Å². The van der Waals surface area contributed by atoms with Crippen molar-refractivity contribution in [2.24, 2.45) is 0 Å². The largest absolute Gasteiger partial charge is 0.465 e. The van der Waals surface area contributed by atoms with Crippen LogP contribution in [0.1, 0.15) is 72.0 Å². The smallest absolute Gasteiger partial charge is 0.259 e. The highest BCUT2D eigenvalue weighted by atomic mass is 32.1. The number of pyridine rings is 1. The van der Waals surface area contributed by atoms with Crippen LogP contribution in [0.2, 0.25) is 0 Å². The molecule has 3 aromatic heterocycles. The molecule has 38 heavy (non-hydrogen) atoms. The van der Waals surface area contributed by atoms with Crippen molar-refractivity contribution in [3.8, 4) is 0 Å². The van der Waals surface area contributed by atoms with Gasteiger partial charge in [-0.05, 0) is 50.1 Å². The summed E-state index contributed by atoms with van der Waals surface area (Å²) in [4.78, 5) is 44.3. The zero-order chi connectivity index (χ0) is 27.3. The van der Waals surface area contributed by atoms with Crippen molar-refractivity contribution in [2.45, 2.75) is 51.9 Å². The van der Waals surface area contributed by atoms with Crippen LogP contribution in [0.5, 0.6) is 0 Å². The highest BCUT2D eigenvalue weighted by Gasteiger charge is 2.28. The summed E-state index contributed by atoms with van der Waals surface area (Å²) in [6, 6.07) is 7.08. The molecule has 0 radical (unpaired) electrons. The molecule has 0 aliphatic carbocycles. The highest BCUT2D eigenvalue weighted by molar-refractivity contribution is 7.15. The third-order valence-corrected chi connectivity index (χ3v) is 7.45. The minimum absolute atomic E-state index is 0.0325. The van der Waals surface area contributed by atoms with E-state index in [2.05, 4.69) is 20.8 Å². The number of furan rings is 1. The van der Waals surface area contributed by atoms with Crippen LogP contribution in [0.4, 0.5) is 5.13 Å². The second kappa shape index (κ2) is 11.7. The lowest BCUT2D eigenvalue weighted by molar-refractivity contribution is -0.133. The van der Waals surface area contributed by atoms with E-state index in [9.17, 15) is 14.4 Å². The Bertz CT molecular complexity index is 1320. The number of likely N-dealkylation sites (tertiary alicyclic amines) is 1. The van der Waals surface area contributed by atoms with Gasteiger partial charge < -0.3 is 14.6 Å². The van der Waals surface area contributed by atoms with Crippen molar-refractivity contribution in [3.05, 3.63) is 64.3 Å². The lowest BCUT2D eigenvalue weighted by atomic mass is 9.89. The average molecular weight is 537 g/mol. The molecule has 10 nitrogen and oxygen atoms in total. The van der Waals surface area contributed by atoms with E-state index >= 15 is 0 Å². The maximum atomic E-state index is 13.2. The van der Waals surface area contributed by atoms with Crippen LogP contribution in [-0.2, 0) is 15.0 Å². The number of piperidine rings is 1. The molecule has 4 rings (SSSR count). The van der Waals surface area contributed by atoms with Crippen LogP contribution in [0.15, 0.2) is 41.0 Å². The zero-order valence-corrected chi connectivity index (χ0v) is 22.8. The van der Waals surface area contributed by atoms with Gasteiger partial charge in [0.05, 0.1) is 24.1 Å². The fourth-order valence-corrected chi connectivity index (χ4v) is 4.90. The van der Waals surface area contributed by atoms with Crippen molar-refractivity contribution in [1.29, 1.82) is 0 Å². The fraction of sp³-hybridized carbons (Fsp3) is 0.407. The summed E-state index contributed by atoms with van der Waals surface area (Å²) in [5, 5.41) is 15.1. The zero-order valence-electron chi connectivity index (χ0n) is 22.0. The minimum atomic E-state index is -0.366. The molecule has 0 atom stereocenters. The number of aromatic nitrogens is 3. The molecule has 200 valence electrons. The van der Waals surface area contributed by atoms with E-state index in [1.54, 1.807) is 29.2 Å². The van der Waals surface area contributed by atoms with Crippen LogP contribution in [-0.4, -0.2) is 57.4 Å². The minimum Gasteiger partial charge on any atom is -0.465 e. The van der Waals surface area contributed by atoms with Gasteiger partial charge in [0.25, 0.3) is 5.91 Å². The standard InChI is InChI=1S/C27H32N6O4S/c1-17-7-9-20(24(36)30-26-32-31-25(38-26)27(2,3)4)23(29-17)18-11-13-33(14-12-18)22(35)16-28-21(34)10-8-19-6-5-15-37-19/h5-10,15,18H,11-14,16H2,1-4H3,(H,28,34)(H,30,32,36)/b10-8-. The Morgan fingerprint density at radius 2 is 1.92 bits per heavy atom. The van der Waals surface area contributed by atoms with Crippen LogP contribution < -0.4 is 10.6 Å². The number of carbonyl (C=O) groups is 3. The average Bonchev–Trinajstić information content (AvgIpc) is 3.58. The molecule has 0 bridgehead atoms. The maximum Gasteiger partial charge on any atom is 0.259 e. The number of carbonyl (C=O) groups excluding carboxylic acids is 3. The van der Waals surface area contributed by atoms with Gasteiger partial charge in [-0.25, -0.2) is 0 Å². The quantitative estimate of drug-likeness (QED) is 0.438. The van der Waals surface area contributed by atoms with Gasteiger partial charge in [-0.3, -0.25) is 24.7 Å². The van der Waals surface area contributed by atoms with E-state index in [4.69, 9.17) is 9.40 Å². The normalized spacial score (nSPS) is 14.6. The van der Waals surface area contributed by atoms with Crippen molar-refractivity contribution in [2.75, 3.05) is 25.0 Å². The highest BCUT2D eigenvalue weighted by Crippen LogP contribution is 2.31. The predicted molar refractivity (Wildman–Crippen MR) is 145 cm³/mol. The second-order valence-corrected chi connectivity index (χ2v) is 11.2. The summed E-state index contributed by atoms with van der Waals surface area (Å²) < 4.78 is 5.15.